The minimum absolute atomic E-state index is 0.0170. The number of rotatable bonds is 6. The summed E-state index contributed by atoms with van der Waals surface area (Å²) in [7, 11) is -1.88. The van der Waals surface area contributed by atoms with E-state index in [9.17, 15) is 8.42 Å². The Morgan fingerprint density at radius 1 is 1.56 bits per heavy atom. The van der Waals surface area contributed by atoms with Crippen LogP contribution in [0.5, 0.6) is 0 Å². The number of sulfonamides is 1. The van der Waals surface area contributed by atoms with Gasteiger partial charge < -0.3 is 10.5 Å². The van der Waals surface area contributed by atoms with E-state index in [-0.39, 0.29) is 11.6 Å². The molecule has 0 aliphatic rings. The van der Waals surface area contributed by atoms with Gasteiger partial charge in [0.05, 0.1) is 11.4 Å². The fourth-order valence-corrected chi connectivity index (χ4v) is 2.16. The summed E-state index contributed by atoms with van der Waals surface area (Å²) in [6.07, 6.45) is 1.90. The van der Waals surface area contributed by atoms with Crippen LogP contribution in [-0.4, -0.2) is 32.9 Å². The monoisotopic (exact) mass is 245 g/mol. The van der Waals surface area contributed by atoms with Gasteiger partial charge in [0.15, 0.2) is 5.82 Å². The smallest absolute Gasteiger partial charge is 0.234 e. The van der Waals surface area contributed by atoms with Gasteiger partial charge in [0.1, 0.15) is 0 Å². The first-order valence-corrected chi connectivity index (χ1v) is 6.40. The highest BCUT2D eigenvalue weighted by Crippen LogP contribution is 2.14. The number of aromatic nitrogens is 1. The summed E-state index contributed by atoms with van der Waals surface area (Å²) in [6, 6.07) is 3.22. The average molecular weight is 245 g/mol. The third-order valence-electron chi connectivity index (χ3n) is 1.85. The molecule has 6 nitrogen and oxygen atoms in total. The summed E-state index contributed by atoms with van der Waals surface area (Å²) in [6.45, 7) is 0.401. The Kier molecular flexibility index (Phi) is 4.51. The van der Waals surface area contributed by atoms with E-state index in [1.807, 2.05) is 0 Å². The van der Waals surface area contributed by atoms with Crippen molar-refractivity contribution in [3.63, 3.8) is 0 Å². The second-order valence-electron chi connectivity index (χ2n) is 3.21. The van der Waals surface area contributed by atoms with Gasteiger partial charge >= 0.3 is 0 Å². The Morgan fingerprint density at radius 2 is 2.31 bits per heavy atom. The van der Waals surface area contributed by atoms with Crippen molar-refractivity contribution in [2.75, 3.05) is 29.9 Å². The van der Waals surface area contributed by atoms with Gasteiger partial charge in [-0.1, -0.05) is 0 Å². The number of hydrogen-bond donors (Lipinski definition) is 2. The third kappa shape index (κ3) is 4.03. The molecule has 90 valence electrons. The van der Waals surface area contributed by atoms with E-state index < -0.39 is 10.0 Å². The molecule has 0 aliphatic carbocycles. The summed E-state index contributed by atoms with van der Waals surface area (Å²) in [5, 5.41) is 0. The van der Waals surface area contributed by atoms with Crippen LogP contribution in [0.25, 0.3) is 0 Å². The highest BCUT2D eigenvalue weighted by molar-refractivity contribution is 7.92. The molecule has 1 aromatic heterocycles. The molecule has 0 bridgehead atoms. The Morgan fingerprint density at radius 3 is 2.94 bits per heavy atom. The number of nitrogens with two attached hydrogens (primary N) is 1. The van der Waals surface area contributed by atoms with E-state index in [4.69, 9.17) is 10.5 Å². The molecule has 0 aliphatic heterocycles. The lowest BCUT2D eigenvalue weighted by atomic mass is 10.4. The first kappa shape index (κ1) is 12.7. The van der Waals surface area contributed by atoms with E-state index in [0.717, 1.165) is 0 Å². The standard InChI is InChI=1S/C9H15N3O3S/c1-15-6-3-7-16(13,14)12-9-8(10)4-2-5-11-9/h2,4-5H,3,6-7,10H2,1H3,(H,11,12). The molecule has 1 rings (SSSR count). The number of ether oxygens (including phenoxy) is 1. The van der Waals surface area contributed by atoms with E-state index in [0.29, 0.717) is 18.7 Å². The molecule has 16 heavy (non-hydrogen) atoms. The van der Waals surface area contributed by atoms with Crippen molar-refractivity contribution >= 4 is 21.5 Å². The van der Waals surface area contributed by atoms with Gasteiger partial charge in [-0.2, -0.15) is 0 Å². The van der Waals surface area contributed by atoms with Gasteiger partial charge in [-0.3, -0.25) is 4.72 Å². The van der Waals surface area contributed by atoms with Gasteiger partial charge in [0.2, 0.25) is 10.0 Å². The quantitative estimate of drug-likeness (QED) is 0.709. The molecule has 0 saturated heterocycles. The summed E-state index contributed by atoms with van der Waals surface area (Å²) in [4.78, 5) is 3.85. The summed E-state index contributed by atoms with van der Waals surface area (Å²) >= 11 is 0. The van der Waals surface area contributed by atoms with Crippen molar-refractivity contribution in [2.24, 2.45) is 0 Å². The van der Waals surface area contributed by atoms with E-state index >= 15 is 0 Å². The normalized spacial score (nSPS) is 11.3. The molecule has 0 aromatic carbocycles. The average Bonchev–Trinajstić information content (AvgIpc) is 2.21. The number of methoxy groups -OCH3 is 1. The first-order valence-electron chi connectivity index (χ1n) is 4.75. The van der Waals surface area contributed by atoms with Crippen LogP contribution in [0.1, 0.15) is 6.42 Å². The number of hydrogen-bond acceptors (Lipinski definition) is 5. The SMILES string of the molecule is COCCCS(=O)(=O)Nc1ncccc1N. The van der Waals surface area contributed by atoms with Crippen LogP contribution >= 0.6 is 0 Å². The molecule has 0 saturated carbocycles. The predicted molar refractivity (Wildman–Crippen MR) is 62.6 cm³/mol. The lowest BCUT2D eigenvalue weighted by molar-refractivity contribution is 0.199. The molecule has 0 spiro atoms. The molecule has 7 heteroatoms. The second-order valence-corrected chi connectivity index (χ2v) is 5.05. The summed E-state index contributed by atoms with van der Waals surface area (Å²) < 4.78 is 30.2. The molecule has 0 amide bonds. The van der Waals surface area contributed by atoms with Gasteiger partial charge in [-0.15, -0.1) is 0 Å². The van der Waals surface area contributed by atoms with E-state index in [2.05, 4.69) is 9.71 Å². The van der Waals surface area contributed by atoms with Gasteiger partial charge in [0, 0.05) is 19.9 Å². The van der Waals surface area contributed by atoms with Crippen LogP contribution in [0, 0.1) is 0 Å². The highest BCUT2D eigenvalue weighted by Gasteiger charge is 2.12. The van der Waals surface area contributed by atoms with Crippen molar-refractivity contribution in [3.05, 3.63) is 18.3 Å². The maximum absolute atomic E-state index is 11.6. The van der Waals surface area contributed by atoms with Crippen molar-refractivity contribution < 1.29 is 13.2 Å². The molecular formula is C9H15N3O3S. The summed E-state index contributed by atoms with van der Waals surface area (Å²) in [5.74, 6) is 0.150. The molecule has 0 fully saturated rings. The Labute approximate surface area is 94.9 Å². The predicted octanol–water partition coefficient (Wildman–Crippen LogP) is 0.442. The summed E-state index contributed by atoms with van der Waals surface area (Å²) in [5.41, 5.74) is 5.87. The minimum atomic E-state index is -3.40. The molecule has 3 N–H and O–H groups in total. The van der Waals surface area contributed by atoms with Crippen LogP contribution in [-0.2, 0) is 14.8 Å². The largest absolute Gasteiger partial charge is 0.396 e. The fraction of sp³-hybridized carbons (Fsp3) is 0.444. The molecule has 0 radical (unpaired) electrons. The van der Waals surface area contributed by atoms with E-state index in [1.54, 1.807) is 12.1 Å². The van der Waals surface area contributed by atoms with Crippen LogP contribution in [0.2, 0.25) is 0 Å². The van der Waals surface area contributed by atoms with Gasteiger partial charge in [-0.25, -0.2) is 13.4 Å². The van der Waals surface area contributed by atoms with Crippen LogP contribution in [0.15, 0.2) is 18.3 Å². The van der Waals surface area contributed by atoms with Gasteiger partial charge in [-0.05, 0) is 18.6 Å². The topological polar surface area (TPSA) is 94.3 Å². The van der Waals surface area contributed by atoms with Crippen molar-refractivity contribution in [3.8, 4) is 0 Å². The Bertz CT molecular complexity index is 433. The first-order chi connectivity index (χ1) is 7.55. The van der Waals surface area contributed by atoms with Gasteiger partial charge in [0.25, 0.3) is 0 Å². The number of nitrogen functional groups attached to an aromatic ring is 1. The lowest BCUT2D eigenvalue weighted by Gasteiger charge is -2.08. The zero-order valence-electron chi connectivity index (χ0n) is 9.01. The zero-order valence-corrected chi connectivity index (χ0v) is 9.83. The van der Waals surface area contributed by atoms with E-state index in [1.165, 1.54) is 13.3 Å². The molecule has 1 heterocycles. The maximum Gasteiger partial charge on any atom is 0.234 e. The molecule has 0 atom stereocenters. The molecular weight excluding hydrogens is 230 g/mol. The third-order valence-corrected chi connectivity index (χ3v) is 3.18. The Hall–Kier alpha value is -1.34. The van der Waals surface area contributed by atoms with Crippen LogP contribution in [0.3, 0.4) is 0 Å². The van der Waals surface area contributed by atoms with Crippen molar-refractivity contribution in [1.29, 1.82) is 0 Å². The highest BCUT2D eigenvalue weighted by atomic mass is 32.2. The lowest BCUT2D eigenvalue weighted by Crippen LogP contribution is -2.19. The minimum Gasteiger partial charge on any atom is -0.396 e. The molecule has 1 aromatic rings. The van der Waals surface area contributed by atoms with Crippen LogP contribution < -0.4 is 10.5 Å². The molecule has 0 unspecified atom stereocenters. The second kappa shape index (κ2) is 5.66. The van der Waals surface area contributed by atoms with Crippen LogP contribution in [0.4, 0.5) is 11.5 Å². The zero-order chi connectivity index (χ0) is 12.0. The number of nitrogens with one attached hydrogen (secondary N) is 1. The Balaban J connectivity index is 2.63. The van der Waals surface area contributed by atoms with Crippen molar-refractivity contribution in [1.82, 2.24) is 4.98 Å². The number of pyridine rings is 1. The maximum atomic E-state index is 11.6. The fourth-order valence-electron chi connectivity index (χ4n) is 1.09. The van der Waals surface area contributed by atoms with Crippen molar-refractivity contribution in [2.45, 2.75) is 6.42 Å². The number of anilines is 2. The number of nitrogens with zero attached hydrogens (tertiary/aromatic N) is 1.